The van der Waals surface area contributed by atoms with Crippen LogP contribution in [0.1, 0.15) is 70.9 Å². The summed E-state index contributed by atoms with van der Waals surface area (Å²) in [6.45, 7) is 10.7. The molecule has 0 saturated carbocycles. The molecule has 1 atom stereocenters. The molecule has 3 nitrogen and oxygen atoms in total. The minimum absolute atomic E-state index is 0.0177. The Morgan fingerprint density at radius 1 is 1.04 bits per heavy atom. The summed E-state index contributed by atoms with van der Waals surface area (Å²) < 4.78 is 0. The zero-order valence-electron chi connectivity index (χ0n) is 15.3. The van der Waals surface area contributed by atoms with Gasteiger partial charge in [0.05, 0.1) is 0 Å². The molecule has 1 N–H and O–H groups in total. The number of nitrogens with one attached hydrogen (secondary N) is 1. The van der Waals surface area contributed by atoms with Crippen molar-refractivity contribution in [2.24, 2.45) is 5.41 Å². The van der Waals surface area contributed by atoms with Gasteiger partial charge in [0.25, 0.3) is 0 Å². The lowest BCUT2D eigenvalue weighted by molar-refractivity contribution is -0.122. The van der Waals surface area contributed by atoms with E-state index in [0.29, 0.717) is 12.8 Å². The van der Waals surface area contributed by atoms with Crippen molar-refractivity contribution in [1.82, 2.24) is 5.32 Å². The van der Waals surface area contributed by atoms with Gasteiger partial charge in [-0.3, -0.25) is 9.59 Å². The summed E-state index contributed by atoms with van der Waals surface area (Å²) >= 11 is 0. The van der Waals surface area contributed by atoms with Crippen LogP contribution in [0.4, 0.5) is 0 Å². The van der Waals surface area contributed by atoms with Gasteiger partial charge in [-0.2, -0.15) is 0 Å². The first-order chi connectivity index (χ1) is 11.1. The van der Waals surface area contributed by atoms with Gasteiger partial charge in [0.15, 0.2) is 5.78 Å². The van der Waals surface area contributed by atoms with Crippen LogP contribution >= 0.6 is 0 Å². The summed E-state index contributed by atoms with van der Waals surface area (Å²) in [5, 5.41) is 2.96. The Balaban J connectivity index is 2.00. The molecule has 0 saturated heterocycles. The van der Waals surface area contributed by atoms with Gasteiger partial charge < -0.3 is 5.32 Å². The minimum atomic E-state index is -0.105. The molecule has 1 aromatic rings. The second-order valence-corrected chi connectivity index (χ2v) is 9.01. The fourth-order valence-electron chi connectivity index (χ4n) is 3.86. The number of amides is 1. The van der Waals surface area contributed by atoms with Crippen LogP contribution in [0.2, 0.25) is 0 Å². The van der Waals surface area contributed by atoms with Gasteiger partial charge in [-0.1, -0.05) is 58.9 Å². The largest absolute Gasteiger partial charge is 0.329 e. The summed E-state index contributed by atoms with van der Waals surface area (Å²) in [6, 6.07) is 8.42. The summed E-state index contributed by atoms with van der Waals surface area (Å²) in [6.07, 6.45) is 1.68. The van der Waals surface area contributed by atoms with E-state index in [9.17, 15) is 9.59 Å². The van der Waals surface area contributed by atoms with Crippen LogP contribution in [0.5, 0.6) is 0 Å². The predicted molar refractivity (Wildman–Crippen MR) is 95.7 cm³/mol. The lowest BCUT2D eigenvalue weighted by Crippen LogP contribution is -2.40. The van der Waals surface area contributed by atoms with Crippen LogP contribution < -0.4 is 5.32 Å². The van der Waals surface area contributed by atoms with Gasteiger partial charge in [-0.25, -0.2) is 0 Å². The maximum atomic E-state index is 12.8. The first-order valence-corrected chi connectivity index (χ1v) is 8.73. The van der Waals surface area contributed by atoms with Gasteiger partial charge in [-0.05, 0) is 28.4 Å². The second-order valence-electron chi connectivity index (χ2n) is 9.01. The molecule has 0 unspecified atom stereocenters. The van der Waals surface area contributed by atoms with Crippen LogP contribution in [-0.2, 0) is 15.0 Å². The zero-order chi connectivity index (χ0) is 17.7. The first-order valence-electron chi connectivity index (χ1n) is 8.73. The van der Waals surface area contributed by atoms with Crippen LogP contribution in [0, 0.1) is 5.41 Å². The average Bonchev–Trinajstić information content (AvgIpc) is 2.43. The van der Waals surface area contributed by atoms with Crippen LogP contribution in [0.3, 0.4) is 0 Å². The SMILES string of the molecule is CC1(C)CC(=O)C2=C(C1)NC(=O)C[C@@H]2c1ccc(C(C)(C)C)cc1. The molecule has 2 aliphatic rings. The van der Waals surface area contributed by atoms with Crippen LogP contribution in [0.15, 0.2) is 35.5 Å². The Morgan fingerprint density at radius 3 is 2.25 bits per heavy atom. The number of ketones is 1. The quantitative estimate of drug-likeness (QED) is 0.840. The topological polar surface area (TPSA) is 46.2 Å². The molecular weight excluding hydrogens is 298 g/mol. The van der Waals surface area contributed by atoms with E-state index in [1.807, 2.05) is 0 Å². The van der Waals surface area contributed by atoms with Crippen molar-refractivity contribution in [1.29, 1.82) is 0 Å². The Labute approximate surface area is 144 Å². The van der Waals surface area contributed by atoms with Gasteiger partial charge in [-0.15, -0.1) is 0 Å². The van der Waals surface area contributed by atoms with Gasteiger partial charge in [0, 0.05) is 30.0 Å². The molecule has 0 radical (unpaired) electrons. The maximum Gasteiger partial charge on any atom is 0.225 e. The fourth-order valence-corrected chi connectivity index (χ4v) is 3.86. The van der Waals surface area contributed by atoms with E-state index in [1.54, 1.807) is 0 Å². The zero-order valence-corrected chi connectivity index (χ0v) is 15.3. The molecule has 24 heavy (non-hydrogen) atoms. The molecule has 1 heterocycles. The van der Waals surface area contributed by atoms with Crippen molar-refractivity contribution < 1.29 is 9.59 Å². The molecule has 0 aromatic heterocycles. The van der Waals surface area contributed by atoms with E-state index in [0.717, 1.165) is 23.3 Å². The number of carbonyl (C=O) groups excluding carboxylic acids is 2. The number of benzene rings is 1. The van der Waals surface area contributed by atoms with Crippen molar-refractivity contribution in [3.63, 3.8) is 0 Å². The standard InChI is InChI=1S/C21H27NO2/c1-20(2,3)14-8-6-13(7-9-14)15-10-18(24)22-16-11-21(4,5)12-17(23)19(15)16/h6-9,15H,10-12H2,1-5H3,(H,22,24)/t15-/m1/s1. The molecule has 0 bridgehead atoms. The van der Waals surface area contributed by atoms with E-state index < -0.39 is 0 Å². The Kier molecular flexibility index (Phi) is 3.94. The third kappa shape index (κ3) is 3.17. The Hall–Kier alpha value is -1.90. The number of rotatable bonds is 1. The molecule has 1 aliphatic carbocycles. The molecule has 0 spiro atoms. The number of allylic oxidation sites excluding steroid dienone is 2. The van der Waals surface area contributed by atoms with Crippen molar-refractivity contribution in [3.05, 3.63) is 46.7 Å². The van der Waals surface area contributed by atoms with E-state index >= 15 is 0 Å². The lowest BCUT2D eigenvalue weighted by atomic mass is 9.69. The van der Waals surface area contributed by atoms with Gasteiger partial charge in [0.2, 0.25) is 5.91 Å². The second kappa shape index (κ2) is 5.58. The average molecular weight is 325 g/mol. The van der Waals surface area contributed by atoms with E-state index in [2.05, 4.69) is 64.2 Å². The summed E-state index contributed by atoms with van der Waals surface area (Å²) in [5.74, 6) is 0.0988. The lowest BCUT2D eigenvalue weighted by Gasteiger charge is -2.38. The van der Waals surface area contributed by atoms with Gasteiger partial charge >= 0.3 is 0 Å². The van der Waals surface area contributed by atoms with Crippen molar-refractivity contribution >= 4 is 11.7 Å². The molecule has 0 fully saturated rings. The number of hydrogen-bond donors (Lipinski definition) is 1. The summed E-state index contributed by atoms with van der Waals surface area (Å²) in [4.78, 5) is 24.9. The minimum Gasteiger partial charge on any atom is -0.329 e. The Morgan fingerprint density at radius 2 is 1.67 bits per heavy atom. The molecule has 128 valence electrons. The normalized spacial score (nSPS) is 23.8. The highest BCUT2D eigenvalue weighted by atomic mass is 16.2. The summed E-state index contributed by atoms with van der Waals surface area (Å²) in [5.41, 5.74) is 4.02. The third-order valence-electron chi connectivity index (χ3n) is 5.13. The third-order valence-corrected chi connectivity index (χ3v) is 5.13. The van der Waals surface area contributed by atoms with Crippen LogP contribution in [-0.4, -0.2) is 11.7 Å². The molecule has 1 aromatic carbocycles. The monoisotopic (exact) mass is 325 g/mol. The molecule has 3 rings (SSSR count). The van der Waals surface area contributed by atoms with Gasteiger partial charge in [0.1, 0.15) is 0 Å². The number of Topliss-reactive ketones (excluding diaryl/α,β-unsaturated/α-hetero) is 1. The molecule has 1 amide bonds. The Bertz CT molecular complexity index is 717. The van der Waals surface area contributed by atoms with Crippen molar-refractivity contribution in [2.75, 3.05) is 0 Å². The van der Waals surface area contributed by atoms with Crippen LogP contribution in [0.25, 0.3) is 0 Å². The fraction of sp³-hybridized carbons (Fsp3) is 0.524. The highest BCUT2D eigenvalue weighted by Gasteiger charge is 2.40. The molecule has 1 aliphatic heterocycles. The smallest absolute Gasteiger partial charge is 0.225 e. The number of carbonyl (C=O) groups is 2. The predicted octanol–water partition coefficient (Wildman–Crippen LogP) is 4.23. The van der Waals surface area contributed by atoms with E-state index in [4.69, 9.17) is 0 Å². The maximum absolute atomic E-state index is 12.8. The first kappa shape index (κ1) is 16.9. The summed E-state index contributed by atoms with van der Waals surface area (Å²) in [7, 11) is 0. The van der Waals surface area contributed by atoms with E-state index in [-0.39, 0.29) is 28.4 Å². The molecular formula is C21H27NO2. The number of hydrogen-bond acceptors (Lipinski definition) is 2. The van der Waals surface area contributed by atoms with Crippen molar-refractivity contribution in [2.45, 2.75) is 65.2 Å². The highest BCUT2D eigenvalue weighted by molar-refractivity contribution is 6.02. The highest BCUT2D eigenvalue weighted by Crippen LogP contribution is 2.44. The molecule has 3 heteroatoms. The van der Waals surface area contributed by atoms with E-state index in [1.165, 1.54) is 5.56 Å². The van der Waals surface area contributed by atoms with Crippen molar-refractivity contribution in [3.8, 4) is 0 Å².